The maximum atomic E-state index is 13.3. The van der Waals surface area contributed by atoms with Crippen molar-refractivity contribution < 1.29 is 19.1 Å². The molecule has 0 fully saturated rings. The molecule has 1 aromatic heterocycles. The first-order valence-electron chi connectivity index (χ1n) is 5.86. The van der Waals surface area contributed by atoms with Crippen molar-refractivity contribution in [3.05, 3.63) is 46.7 Å². The molecule has 3 aromatic rings. The van der Waals surface area contributed by atoms with E-state index in [0.29, 0.717) is 15.6 Å². The largest absolute Gasteiger partial charge is 0.504 e. The topological polar surface area (TPSA) is 79.4 Å². The van der Waals surface area contributed by atoms with E-state index in [0.717, 1.165) is 0 Å². The van der Waals surface area contributed by atoms with Crippen molar-refractivity contribution in [2.24, 2.45) is 0 Å². The Kier molecular flexibility index (Phi) is 3.34. The second-order valence-electron chi connectivity index (χ2n) is 4.25. The number of phenols is 2. The highest BCUT2D eigenvalue weighted by atomic mass is 79.9. The van der Waals surface area contributed by atoms with Crippen LogP contribution in [-0.4, -0.2) is 20.4 Å². The van der Waals surface area contributed by atoms with Gasteiger partial charge in [0.2, 0.25) is 5.82 Å². The molecule has 0 saturated heterocycles. The second kappa shape index (κ2) is 5.17. The predicted molar refractivity (Wildman–Crippen MR) is 76.2 cm³/mol. The first kappa shape index (κ1) is 13.6. The van der Waals surface area contributed by atoms with Crippen LogP contribution >= 0.6 is 15.9 Å². The van der Waals surface area contributed by atoms with Crippen LogP contribution in [0.2, 0.25) is 0 Å². The summed E-state index contributed by atoms with van der Waals surface area (Å²) in [6.45, 7) is 0. The molecule has 106 valence electrons. The molecule has 1 heterocycles. The first-order valence-corrected chi connectivity index (χ1v) is 6.65. The number of halogens is 2. The van der Waals surface area contributed by atoms with Crippen LogP contribution in [0.15, 0.2) is 45.4 Å². The van der Waals surface area contributed by atoms with Crippen molar-refractivity contribution >= 4 is 15.9 Å². The van der Waals surface area contributed by atoms with E-state index in [1.807, 2.05) is 0 Å². The number of benzene rings is 2. The highest BCUT2D eigenvalue weighted by Gasteiger charge is 2.15. The van der Waals surface area contributed by atoms with Gasteiger partial charge in [0.05, 0.1) is 0 Å². The van der Waals surface area contributed by atoms with Gasteiger partial charge < -0.3 is 14.7 Å². The van der Waals surface area contributed by atoms with Gasteiger partial charge in [-0.1, -0.05) is 21.1 Å². The summed E-state index contributed by atoms with van der Waals surface area (Å²) < 4.78 is 19.0. The van der Waals surface area contributed by atoms with E-state index >= 15 is 0 Å². The Morgan fingerprint density at radius 1 is 1.05 bits per heavy atom. The molecule has 5 nitrogen and oxygen atoms in total. The Bertz CT molecular complexity index is 820. The lowest BCUT2D eigenvalue weighted by Crippen LogP contribution is -1.85. The third-order valence-electron chi connectivity index (χ3n) is 2.82. The van der Waals surface area contributed by atoms with E-state index in [9.17, 15) is 14.6 Å². The number of aromatic nitrogens is 2. The summed E-state index contributed by atoms with van der Waals surface area (Å²) in [4.78, 5) is 4.16. The lowest BCUT2D eigenvalue weighted by atomic mass is 10.2. The third-order valence-corrected chi connectivity index (χ3v) is 3.51. The Morgan fingerprint density at radius 3 is 2.62 bits per heavy atom. The van der Waals surface area contributed by atoms with E-state index in [2.05, 4.69) is 26.1 Å². The van der Waals surface area contributed by atoms with Crippen LogP contribution in [0.25, 0.3) is 22.8 Å². The molecule has 0 spiro atoms. The molecule has 0 bridgehead atoms. The number of phenolic OH excluding ortho intramolecular Hbond substituents is 2. The van der Waals surface area contributed by atoms with Gasteiger partial charge in [-0.05, 0) is 36.4 Å². The summed E-state index contributed by atoms with van der Waals surface area (Å²) in [5, 5.41) is 22.5. The molecule has 0 amide bonds. The quantitative estimate of drug-likeness (QED) is 0.688. The van der Waals surface area contributed by atoms with E-state index < -0.39 is 5.82 Å². The van der Waals surface area contributed by atoms with Crippen molar-refractivity contribution in [3.8, 4) is 34.3 Å². The molecule has 0 unspecified atom stereocenters. The van der Waals surface area contributed by atoms with Crippen LogP contribution < -0.4 is 0 Å². The van der Waals surface area contributed by atoms with Gasteiger partial charge in [-0.3, -0.25) is 0 Å². The summed E-state index contributed by atoms with van der Waals surface area (Å²) in [6.07, 6.45) is 0. The zero-order chi connectivity index (χ0) is 15.0. The van der Waals surface area contributed by atoms with Gasteiger partial charge in [-0.2, -0.15) is 4.98 Å². The third kappa shape index (κ3) is 2.59. The number of hydrogen-bond acceptors (Lipinski definition) is 5. The number of aromatic hydroxyl groups is 2. The standard InChI is InChI=1S/C14H8BrFN2O3/c15-10-3-2-8(16)6-9(10)13-17-14(21-18-13)7-1-4-11(19)12(20)5-7/h1-6,19-20H. The van der Waals surface area contributed by atoms with Crippen molar-refractivity contribution in [1.82, 2.24) is 10.1 Å². The summed E-state index contributed by atoms with van der Waals surface area (Å²) in [6, 6.07) is 8.28. The molecular weight excluding hydrogens is 343 g/mol. The van der Waals surface area contributed by atoms with Crippen LogP contribution in [0.1, 0.15) is 0 Å². The molecule has 3 rings (SSSR count). The molecular formula is C14H8BrFN2O3. The molecule has 0 aliphatic heterocycles. The maximum absolute atomic E-state index is 13.3. The highest BCUT2D eigenvalue weighted by Crippen LogP contribution is 2.32. The lowest BCUT2D eigenvalue weighted by molar-refractivity contribution is 0.402. The van der Waals surface area contributed by atoms with Crippen LogP contribution in [0.3, 0.4) is 0 Å². The Balaban J connectivity index is 2.03. The number of nitrogens with zero attached hydrogens (tertiary/aromatic N) is 2. The second-order valence-corrected chi connectivity index (χ2v) is 5.11. The lowest BCUT2D eigenvalue weighted by Gasteiger charge is -1.99. The summed E-state index contributed by atoms with van der Waals surface area (Å²) in [5.74, 6) is -0.590. The fourth-order valence-corrected chi connectivity index (χ4v) is 2.20. The normalized spacial score (nSPS) is 10.8. The van der Waals surface area contributed by atoms with Crippen molar-refractivity contribution in [2.45, 2.75) is 0 Å². The van der Waals surface area contributed by atoms with Gasteiger partial charge in [-0.15, -0.1) is 0 Å². The van der Waals surface area contributed by atoms with Gasteiger partial charge in [0.15, 0.2) is 11.5 Å². The maximum Gasteiger partial charge on any atom is 0.258 e. The molecule has 0 atom stereocenters. The number of hydrogen-bond donors (Lipinski definition) is 2. The number of rotatable bonds is 2. The summed E-state index contributed by atoms with van der Waals surface area (Å²) >= 11 is 3.29. The molecule has 2 aromatic carbocycles. The average Bonchev–Trinajstić information content (AvgIpc) is 2.94. The zero-order valence-electron chi connectivity index (χ0n) is 10.4. The molecule has 0 saturated carbocycles. The monoisotopic (exact) mass is 350 g/mol. The molecule has 0 aliphatic rings. The zero-order valence-corrected chi connectivity index (χ0v) is 12.0. The molecule has 7 heteroatoms. The molecule has 2 N–H and O–H groups in total. The van der Waals surface area contributed by atoms with E-state index in [1.54, 1.807) is 6.07 Å². The average molecular weight is 351 g/mol. The van der Waals surface area contributed by atoms with Gasteiger partial charge >= 0.3 is 0 Å². The molecule has 0 radical (unpaired) electrons. The minimum Gasteiger partial charge on any atom is -0.504 e. The minimum atomic E-state index is -0.415. The fraction of sp³-hybridized carbons (Fsp3) is 0. The minimum absolute atomic E-state index is 0.150. The van der Waals surface area contributed by atoms with Gasteiger partial charge in [0.25, 0.3) is 5.89 Å². The first-order chi connectivity index (χ1) is 10.0. The summed E-state index contributed by atoms with van der Waals surface area (Å²) in [5.41, 5.74) is 0.893. The van der Waals surface area contributed by atoms with E-state index in [1.165, 1.54) is 30.3 Å². The Morgan fingerprint density at radius 2 is 1.86 bits per heavy atom. The molecule has 0 aliphatic carbocycles. The smallest absolute Gasteiger partial charge is 0.258 e. The fourth-order valence-electron chi connectivity index (χ4n) is 1.78. The Hall–Kier alpha value is -2.41. The van der Waals surface area contributed by atoms with Crippen molar-refractivity contribution in [1.29, 1.82) is 0 Å². The van der Waals surface area contributed by atoms with E-state index in [4.69, 9.17) is 4.52 Å². The Labute approximate surface area is 126 Å². The van der Waals surface area contributed by atoms with Gasteiger partial charge in [-0.25, -0.2) is 4.39 Å². The van der Waals surface area contributed by atoms with Crippen molar-refractivity contribution in [3.63, 3.8) is 0 Å². The van der Waals surface area contributed by atoms with Crippen LogP contribution in [0.4, 0.5) is 4.39 Å². The van der Waals surface area contributed by atoms with Gasteiger partial charge in [0, 0.05) is 15.6 Å². The van der Waals surface area contributed by atoms with Crippen LogP contribution in [-0.2, 0) is 0 Å². The predicted octanol–water partition coefficient (Wildman–Crippen LogP) is 3.72. The van der Waals surface area contributed by atoms with Crippen LogP contribution in [0, 0.1) is 5.82 Å². The van der Waals surface area contributed by atoms with Gasteiger partial charge in [0.1, 0.15) is 5.82 Å². The van der Waals surface area contributed by atoms with Crippen molar-refractivity contribution in [2.75, 3.05) is 0 Å². The highest BCUT2D eigenvalue weighted by molar-refractivity contribution is 9.10. The SMILES string of the molecule is Oc1ccc(-c2nc(-c3cc(F)ccc3Br)no2)cc1O. The summed E-state index contributed by atoms with van der Waals surface area (Å²) in [7, 11) is 0. The molecule has 21 heavy (non-hydrogen) atoms. The van der Waals surface area contributed by atoms with E-state index in [-0.39, 0.29) is 23.2 Å². The van der Waals surface area contributed by atoms with Crippen LogP contribution in [0.5, 0.6) is 11.5 Å².